The van der Waals surface area contributed by atoms with E-state index >= 15 is 0 Å². The molecule has 1 saturated carbocycles. The lowest BCUT2D eigenvalue weighted by molar-refractivity contribution is -0.127. The molecule has 21 heavy (non-hydrogen) atoms. The van der Waals surface area contributed by atoms with Crippen LogP contribution in [0.25, 0.3) is 5.57 Å². The van der Waals surface area contributed by atoms with E-state index in [0.717, 1.165) is 12.8 Å². The van der Waals surface area contributed by atoms with Gasteiger partial charge in [-0.25, -0.2) is 0 Å². The number of fused-ring (bicyclic) bond motifs is 1. The molecule has 1 aliphatic heterocycles. The van der Waals surface area contributed by atoms with Gasteiger partial charge in [0.25, 0.3) is 0 Å². The Kier molecular flexibility index (Phi) is 3.59. The molecular formula is C16H18O5. The highest BCUT2D eigenvalue weighted by molar-refractivity contribution is 6.22. The fourth-order valence-electron chi connectivity index (χ4n) is 3.11. The normalized spacial score (nSPS) is 28.5. The molecule has 3 rings (SSSR count). The monoisotopic (exact) mass is 290 g/mol. The van der Waals surface area contributed by atoms with Gasteiger partial charge in [-0.2, -0.15) is 0 Å². The van der Waals surface area contributed by atoms with Gasteiger partial charge < -0.3 is 19.7 Å². The molecule has 1 aromatic rings. The number of carbonyl (C=O) groups excluding carboxylic acids is 1. The zero-order chi connectivity index (χ0) is 15.0. The van der Waals surface area contributed by atoms with Crippen LogP contribution in [0.2, 0.25) is 0 Å². The van der Waals surface area contributed by atoms with Crippen molar-refractivity contribution in [3.05, 3.63) is 30.0 Å². The summed E-state index contributed by atoms with van der Waals surface area (Å²) in [6.07, 6.45) is 3.67. The average Bonchev–Trinajstić information content (AvgIpc) is 2.48. The predicted octanol–water partition coefficient (Wildman–Crippen LogP) is 2.22. The number of phenolic OH excluding ortho intramolecular Hbond substituents is 2. The van der Waals surface area contributed by atoms with Crippen molar-refractivity contribution >= 4 is 11.4 Å². The molecule has 1 aliphatic carbocycles. The van der Waals surface area contributed by atoms with E-state index in [9.17, 15) is 15.0 Å². The van der Waals surface area contributed by atoms with Crippen molar-refractivity contribution in [3.63, 3.8) is 0 Å². The van der Waals surface area contributed by atoms with Crippen molar-refractivity contribution in [1.82, 2.24) is 0 Å². The number of aromatic hydroxyl groups is 2. The zero-order valence-corrected chi connectivity index (χ0v) is 11.8. The van der Waals surface area contributed by atoms with Gasteiger partial charge in [0, 0.05) is 25.2 Å². The SMILES string of the molecule is COC1CCC2C(=O)C(c3ccc(O)cc3O)=COC2C1. The maximum absolute atomic E-state index is 12.6. The smallest absolute Gasteiger partial charge is 0.173 e. The summed E-state index contributed by atoms with van der Waals surface area (Å²) in [6, 6.07) is 4.19. The van der Waals surface area contributed by atoms with E-state index in [2.05, 4.69) is 0 Å². The van der Waals surface area contributed by atoms with Crippen molar-refractivity contribution in [2.24, 2.45) is 5.92 Å². The molecule has 112 valence electrons. The highest BCUT2D eigenvalue weighted by Crippen LogP contribution is 2.39. The van der Waals surface area contributed by atoms with Crippen LogP contribution in [0.3, 0.4) is 0 Å². The maximum atomic E-state index is 12.6. The topological polar surface area (TPSA) is 76.0 Å². The Morgan fingerprint density at radius 3 is 2.81 bits per heavy atom. The standard InChI is InChI=1S/C16H18O5/c1-20-10-3-5-12-15(7-10)21-8-13(16(12)19)11-4-2-9(17)6-14(11)18/h2,4,6,8,10,12,15,17-18H,3,5,7H2,1H3. The van der Waals surface area contributed by atoms with Crippen molar-refractivity contribution in [1.29, 1.82) is 0 Å². The number of allylic oxidation sites excluding steroid dienone is 1. The van der Waals surface area contributed by atoms with E-state index in [1.54, 1.807) is 7.11 Å². The molecule has 0 radical (unpaired) electrons. The van der Waals surface area contributed by atoms with Crippen LogP contribution in [-0.4, -0.2) is 35.3 Å². The molecule has 0 aromatic heterocycles. The van der Waals surface area contributed by atoms with E-state index in [4.69, 9.17) is 9.47 Å². The molecule has 5 heteroatoms. The summed E-state index contributed by atoms with van der Waals surface area (Å²) < 4.78 is 11.0. The van der Waals surface area contributed by atoms with Gasteiger partial charge in [-0.3, -0.25) is 4.79 Å². The van der Waals surface area contributed by atoms with Crippen molar-refractivity contribution < 1.29 is 24.5 Å². The maximum Gasteiger partial charge on any atom is 0.173 e. The number of hydrogen-bond donors (Lipinski definition) is 2. The minimum absolute atomic E-state index is 0.0122. The molecule has 0 amide bonds. The Hall–Kier alpha value is -2.01. The van der Waals surface area contributed by atoms with Crippen LogP contribution in [-0.2, 0) is 14.3 Å². The molecule has 2 N–H and O–H groups in total. The molecule has 0 bridgehead atoms. The van der Waals surface area contributed by atoms with Crippen molar-refractivity contribution in [2.45, 2.75) is 31.5 Å². The second kappa shape index (κ2) is 5.41. The van der Waals surface area contributed by atoms with Crippen LogP contribution in [0.4, 0.5) is 0 Å². The number of methoxy groups -OCH3 is 1. The van der Waals surface area contributed by atoms with Crippen molar-refractivity contribution in [3.8, 4) is 11.5 Å². The Morgan fingerprint density at radius 1 is 1.29 bits per heavy atom. The summed E-state index contributed by atoms with van der Waals surface area (Å²) in [5, 5.41) is 19.2. The third-order valence-corrected chi connectivity index (χ3v) is 4.31. The van der Waals surface area contributed by atoms with E-state index in [1.165, 1.54) is 24.5 Å². The van der Waals surface area contributed by atoms with Gasteiger partial charge in [0.05, 0.1) is 23.9 Å². The van der Waals surface area contributed by atoms with Crippen LogP contribution < -0.4 is 0 Å². The first-order chi connectivity index (χ1) is 10.1. The minimum atomic E-state index is -0.190. The Balaban J connectivity index is 1.88. The molecule has 1 aromatic carbocycles. The average molecular weight is 290 g/mol. The highest BCUT2D eigenvalue weighted by atomic mass is 16.5. The van der Waals surface area contributed by atoms with Crippen LogP contribution in [0.5, 0.6) is 11.5 Å². The summed E-state index contributed by atoms with van der Waals surface area (Å²) in [7, 11) is 1.67. The van der Waals surface area contributed by atoms with E-state index in [0.29, 0.717) is 17.6 Å². The number of Topliss-reactive ketones (excluding diaryl/α,β-unsaturated/α-hetero) is 1. The minimum Gasteiger partial charge on any atom is -0.508 e. The first-order valence-electron chi connectivity index (χ1n) is 7.05. The van der Waals surface area contributed by atoms with Crippen LogP contribution >= 0.6 is 0 Å². The van der Waals surface area contributed by atoms with Gasteiger partial charge in [0.1, 0.15) is 17.6 Å². The fourth-order valence-corrected chi connectivity index (χ4v) is 3.11. The number of carbonyl (C=O) groups is 1. The van der Waals surface area contributed by atoms with Crippen LogP contribution in [0, 0.1) is 5.92 Å². The third kappa shape index (κ3) is 2.49. The fraction of sp³-hybridized carbons (Fsp3) is 0.438. The molecule has 3 atom stereocenters. The van der Waals surface area contributed by atoms with Gasteiger partial charge in [-0.1, -0.05) is 0 Å². The lowest BCUT2D eigenvalue weighted by Gasteiger charge is -2.37. The summed E-state index contributed by atoms with van der Waals surface area (Å²) in [4.78, 5) is 12.6. The summed E-state index contributed by atoms with van der Waals surface area (Å²) in [6.45, 7) is 0. The number of hydrogen-bond acceptors (Lipinski definition) is 5. The van der Waals surface area contributed by atoms with Crippen molar-refractivity contribution in [2.75, 3.05) is 7.11 Å². The van der Waals surface area contributed by atoms with Gasteiger partial charge in [0.2, 0.25) is 0 Å². The Bertz CT molecular complexity index is 592. The van der Waals surface area contributed by atoms with E-state index in [1.807, 2.05) is 0 Å². The molecule has 2 aliphatic rings. The molecule has 0 saturated heterocycles. The first kappa shape index (κ1) is 13.9. The number of phenols is 2. The number of ketones is 1. The molecule has 1 heterocycles. The number of benzene rings is 1. The van der Waals surface area contributed by atoms with Gasteiger partial charge in [-0.05, 0) is 25.0 Å². The summed E-state index contributed by atoms with van der Waals surface area (Å²) in [5.74, 6) is -0.367. The van der Waals surface area contributed by atoms with Gasteiger partial charge in [-0.15, -0.1) is 0 Å². The second-order valence-electron chi connectivity index (χ2n) is 5.55. The van der Waals surface area contributed by atoms with Crippen LogP contribution in [0.15, 0.2) is 24.5 Å². The summed E-state index contributed by atoms with van der Waals surface area (Å²) in [5.41, 5.74) is 0.759. The zero-order valence-electron chi connectivity index (χ0n) is 11.8. The predicted molar refractivity (Wildman–Crippen MR) is 75.8 cm³/mol. The lowest BCUT2D eigenvalue weighted by atomic mass is 9.77. The Labute approximate surface area is 122 Å². The molecule has 0 spiro atoms. The van der Waals surface area contributed by atoms with Crippen LogP contribution in [0.1, 0.15) is 24.8 Å². The Morgan fingerprint density at radius 2 is 2.10 bits per heavy atom. The van der Waals surface area contributed by atoms with E-state index < -0.39 is 0 Å². The van der Waals surface area contributed by atoms with Gasteiger partial charge >= 0.3 is 0 Å². The molecular weight excluding hydrogens is 272 g/mol. The first-order valence-corrected chi connectivity index (χ1v) is 7.05. The van der Waals surface area contributed by atoms with Gasteiger partial charge in [0.15, 0.2) is 5.78 Å². The molecule has 5 nitrogen and oxygen atoms in total. The largest absolute Gasteiger partial charge is 0.508 e. The quantitative estimate of drug-likeness (QED) is 0.873. The lowest BCUT2D eigenvalue weighted by Crippen LogP contribution is -2.41. The molecule has 1 fully saturated rings. The highest BCUT2D eigenvalue weighted by Gasteiger charge is 2.40. The number of ether oxygens (including phenoxy) is 2. The second-order valence-corrected chi connectivity index (χ2v) is 5.55. The third-order valence-electron chi connectivity index (χ3n) is 4.31. The number of rotatable bonds is 2. The molecule has 3 unspecified atom stereocenters. The van der Waals surface area contributed by atoms with E-state index in [-0.39, 0.29) is 35.4 Å². The summed E-state index contributed by atoms with van der Waals surface area (Å²) >= 11 is 0.